The summed E-state index contributed by atoms with van der Waals surface area (Å²) in [5.41, 5.74) is 2.18. The van der Waals surface area contributed by atoms with Gasteiger partial charge in [-0.25, -0.2) is 4.98 Å². The van der Waals surface area contributed by atoms with E-state index in [1.165, 1.54) is 5.56 Å². The van der Waals surface area contributed by atoms with E-state index in [0.29, 0.717) is 5.95 Å². The van der Waals surface area contributed by atoms with Crippen LogP contribution >= 0.6 is 0 Å². The minimum atomic E-state index is 0.656. The van der Waals surface area contributed by atoms with Gasteiger partial charge in [0.15, 0.2) is 0 Å². The molecule has 0 aromatic carbocycles. The van der Waals surface area contributed by atoms with Gasteiger partial charge in [-0.2, -0.15) is 4.98 Å². The summed E-state index contributed by atoms with van der Waals surface area (Å²) in [6, 6.07) is 6.05. The number of pyridine rings is 1. The molecule has 19 heavy (non-hydrogen) atoms. The van der Waals surface area contributed by atoms with E-state index in [9.17, 15) is 0 Å². The predicted molar refractivity (Wildman–Crippen MR) is 77.3 cm³/mol. The highest BCUT2D eigenvalue weighted by molar-refractivity contribution is 5.45. The van der Waals surface area contributed by atoms with Gasteiger partial charge in [-0.1, -0.05) is 0 Å². The molecule has 0 aliphatic rings. The van der Waals surface area contributed by atoms with Crippen molar-refractivity contribution in [1.82, 2.24) is 15.0 Å². The van der Waals surface area contributed by atoms with Crippen LogP contribution in [0.15, 0.2) is 30.6 Å². The Hall–Kier alpha value is -2.17. The zero-order chi connectivity index (χ0) is 13.7. The van der Waals surface area contributed by atoms with Crippen molar-refractivity contribution in [2.75, 3.05) is 23.8 Å². The zero-order valence-corrected chi connectivity index (χ0v) is 11.6. The molecule has 2 rings (SSSR count). The predicted octanol–water partition coefficient (Wildman–Crippen LogP) is 2.25. The van der Waals surface area contributed by atoms with Crippen molar-refractivity contribution in [1.29, 1.82) is 0 Å². The summed E-state index contributed by atoms with van der Waals surface area (Å²) in [7, 11) is 1.83. The van der Waals surface area contributed by atoms with Gasteiger partial charge in [-0.3, -0.25) is 4.98 Å². The van der Waals surface area contributed by atoms with Gasteiger partial charge in [0.25, 0.3) is 0 Å². The Kier molecular flexibility index (Phi) is 4.28. The van der Waals surface area contributed by atoms with E-state index in [-0.39, 0.29) is 0 Å². The first kappa shape index (κ1) is 13.3. The molecule has 0 saturated heterocycles. The lowest BCUT2D eigenvalue weighted by Crippen LogP contribution is -2.23. The lowest BCUT2D eigenvalue weighted by atomic mass is 10.2. The van der Waals surface area contributed by atoms with E-state index < -0.39 is 0 Å². The van der Waals surface area contributed by atoms with Gasteiger partial charge in [-0.15, -0.1) is 0 Å². The second-order valence-electron chi connectivity index (χ2n) is 4.31. The van der Waals surface area contributed by atoms with Crippen molar-refractivity contribution in [3.8, 4) is 0 Å². The van der Waals surface area contributed by atoms with Gasteiger partial charge < -0.3 is 10.2 Å². The Bertz CT molecular complexity index is 527. The summed E-state index contributed by atoms with van der Waals surface area (Å²) in [4.78, 5) is 15.1. The van der Waals surface area contributed by atoms with E-state index in [2.05, 4.69) is 32.1 Å². The van der Waals surface area contributed by atoms with Crippen molar-refractivity contribution in [3.05, 3.63) is 41.9 Å². The molecule has 2 heterocycles. The Morgan fingerprint density at radius 2 is 1.95 bits per heavy atom. The summed E-state index contributed by atoms with van der Waals surface area (Å²) in [6.45, 7) is 5.81. The van der Waals surface area contributed by atoms with Gasteiger partial charge >= 0.3 is 0 Å². The smallest absolute Gasteiger partial charge is 0.224 e. The fraction of sp³-hybridized carbons (Fsp3) is 0.357. The monoisotopic (exact) mass is 257 g/mol. The molecule has 0 atom stereocenters. The molecule has 0 fully saturated rings. The van der Waals surface area contributed by atoms with Crippen molar-refractivity contribution >= 4 is 11.8 Å². The van der Waals surface area contributed by atoms with Crippen LogP contribution in [0.25, 0.3) is 0 Å². The maximum atomic E-state index is 4.51. The van der Waals surface area contributed by atoms with Gasteiger partial charge in [0, 0.05) is 44.3 Å². The highest BCUT2D eigenvalue weighted by Gasteiger charge is 2.09. The Morgan fingerprint density at radius 3 is 2.58 bits per heavy atom. The second kappa shape index (κ2) is 6.13. The van der Waals surface area contributed by atoms with E-state index >= 15 is 0 Å². The Labute approximate surface area is 113 Å². The minimum absolute atomic E-state index is 0.656. The number of hydrogen-bond donors (Lipinski definition) is 1. The number of aromatic nitrogens is 3. The SMILES string of the molecule is CCN(Cc1ccncc1)c1cc(C)nc(NC)n1. The number of aryl methyl sites for hydroxylation is 1. The standard InChI is InChI=1S/C14H19N5/c1-4-19(10-12-5-7-16-8-6-12)13-9-11(2)17-14(15-3)18-13/h5-9H,4,10H2,1-3H3,(H,15,17,18). The molecule has 0 radical (unpaired) electrons. The molecule has 0 amide bonds. The Balaban J connectivity index is 2.24. The molecular weight excluding hydrogens is 238 g/mol. The van der Waals surface area contributed by atoms with Crippen LogP contribution in [0.2, 0.25) is 0 Å². The van der Waals surface area contributed by atoms with Crippen molar-refractivity contribution < 1.29 is 0 Å². The third kappa shape index (κ3) is 3.40. The van der Waals surface area contributed by atoms with E-state index in [4.69, 9.17) is 0 Å². The van der Waals surface area contributed by atoms with Gasteiger partial charge in [0.2, 0.25) is 5.95 Å². The van der Waals surface area contributed by atoms with E-state index in [1.54, 1.807) is 0 Å². The molecule has 1 N–H and O–H groups in total. The second-order valence-corrected chi connectivity index (χ2v) is 4.31. The Morgan fingerprint density at radius 1 is 1.21 bits per heavy atom. The van der Waals surface area contributed by atoms with Gasteiger partial charge in [0.1, 0.15) is 5.82 Å². The molecule has 0 aliphatic carbocycles. The molecule has 2 aromatic heterocycles. The highest BCUT2D eigenvalue weighted by atomic mass is 15.2. The van der Waals surface area contributed by atoms with Crippen molar-refractivity contribution in [2.24, 2.45) is 0 Å². The first-order valence-corrected chi connectivity index (χ1v) is 6.40. The number of anilines is 2. The van der Waals surface area contributed by atoms with Crippen molar-refractivity contribution in [2.45, 2.75) is 20.4 Å². The average molecular weight is 257 g/mol. The van der Waals surface area contributed by atoms with Crippen LogP contribution < -0.4 is 10.2 Å². The average Bonchev–Trinajstić information content (AvgIpc) is 2.45. The van der Waals surface area contributed by atoms with Crippen LogP contribution in [-0.2, 0) is 6.54 Å². The van der Waals surface area contributed by atoms with Crippen LogP contribution in [0.3, 0.4) is 0 Å². The fourth-order valence-electron chi connectivity index (χ4n) is 1.89. The molecule has 5 nitrogen and oxygen atoms in total. The molecule has 0 aliphatic heterocycles. The lowest BCUT2D eigenvalue weighted by Gasteiger charge is -2.22. The molecule has 100 valence electrons. The molecule has 0 spiro atoms. The summed E-state index contributed by atoms with van der Waals surface area (Å²) < 4.78 is 0. The molecule has 5 heteroatoms. The summed E-state index contributed by atoms with van der Waals surface area (Å²) in [5.74, 6) is 1.60. The van der Waals surface area contributed by atoms with Crippen molar-refractivity contribution in [3.63, 3.8) is 0 Å². The van der Waals surface area contributed by atoms with Crippen LogP contribution in [0.5, 0.6) is 0 Å². The number of hydrogen-bond acceptors (Lipinski definition) is 5. The summed E-state index contributed by atoms with van der Waals surface area (Å²) in [5, 5.41) is 2.99. The summed E-state index contributed by atoms with van der Waals surface area (Å²) in [6.07, 6.45) is 3.63. The fourth-order valence-corrected chi connectivity index (χ4v) is 1.89. The lowest BCUT2D eigenvalue weighted by molar-refractivity contribution is 0.807. The zero-order valence-electron chi connectivity index (χ0n) is 11.6. The van der Waals surface area contributed by atoms with E-state index in [0.717, 1.165) is 24.6 Å². The van der Waals surface area contributed by atoms with Crippen LogP contribution in [0, 0.1) is 6.92 Å². The van der Waals surface area contributed by atoms with Gasteiger partial charge in [-0.05, 0) is 31.5 Å². The summed E-state index contributed by atoms with van der Waals surface area (Å²) >= 11 is 0. The maximum absolute atomic E-state index is 4.51. The highest BCUT2D eigenvalue weighted by Crippen LogP contribution is 2.17. The van der Waals surface area contributed by atoms with Crippen LogP contribution in [0.4, 0.5) is 11.8 Å². The third-order valence-electron chi connectivity index (χ3n) is 2.89. The van der Waals surface area contributed by atoms with E-state index in [1.807, 2.05) is 44.6 Å². The molecule has 0 saturated carbocycles. The first-order chi connectivity index (χ1) is 9.22. The topological polar surface area (TPSA) is 53.9 Å². The third-order valence-corrected chi connectivity index (χ3v) is 2.89. The maximum Gasteiger partial charge on any atom is 0.224 e. The van der Waals surface area contributed by atoms with Crippen LogP contribution in [0.1, 0.15) is 18.2 Å². The molecule has 0 unspecified atom stereocenters. The first-order valence-electron chi connectivity index (χ1n) is 6.40. The number of nitrogens with zero attached hydrogens (tertiary/aromatic N) is 4. The number of rotatable bonds is 5. The largest absolute Gasteiger partial charge is 0.357 e. The normalized spacial score (nSPS) is 10.3. The molecule has 2 aromatic rings. The number of nitrogens with one attached hydrogen (secondary N) is 1. The van der Waals surface area contributed by atoms with Gasteiger partial charge in [0.05, 0.1) is 0 Å². The molecule has 0 bridgehead atoms. The quantitative estimate of drug-likeness (QED) is 0.890. The van der Waals surface area contributed by atoms with Crippen LogP contribution in [-0.4, -0.2) is 28.5 Å². The minimum Gasteiger partial charge on any atom is -0.357 e. The molecular formula is C14H19N5.